The Kier molecular flexibility index (Phi) is 13.0. The third kappa shape index (κ3) is 9.40. The van der Waals surface area contributed by atoms with E-state index in [2.05, 4.69) is 43.4 Å². The number of halogens is 1. The van der Waals surface area contributed by atoms with Crippen molar-refractivity contribution < 1.29 is 38.2 Å². The molecule has 5 aliphatic rings. The average Bonchev–Trinajstić information content (AvgIpc) is 3.50. The zero-order valence-electron chi connectivity index (χ0n) is 34.9. The molecule has 2 atom stereocenters. The van der Waals surface area contributed by atoms with Crippen molar-refractivity contribution in [2.24, 2.45) is 5.92 Å². The summed E-state index contributed by atoms with van der Waals surface area (Å²) in [7, 11) is 1.72. The minimum Gasteiger partial charge on any atom is -0.490 e. The number of hydrogen-bond donors (Lipinski definition) is 2. The summed E-state index contributed by atoms with van der Waals surface area (Å²) in [5.74, 6) is -0.0302. The van der Waals surface area contributed by atoms with Crippen LogP contribution in [0.2, 0.25) is 5.02 Å². The number of anilines is 1. The van der Waals surface area contributed by atoms with Gasteiger partial charge < -0.3 is 24.4 Å². The van der Waals surface area contributed by atoms with Crippen LogP contribution in [0.4, 0.5) is 5.82 Å². The summed E-state index contributed by atoms with van der Waals surface area (Å²) in [6.45, 7) is 5.37. The summed E-state index contributed by atoms with van der Waals surface area (Å²) in [5, 5.41) is 14.8. The number of aromatic nitrogens is 2. The summed E-state index contributed by atoms with van der Waals surface area (Å²) < 4.78 is 18.0. The molecule has 0 bridgehead atoms. The van der Waals surface area contributed by atoms with E-state index < -0.39 is 29.7 Å². The number of amides is 5. The number of piperidine rings is 2. The molecule has 3 aromatic rings. The number of nitrogens with one attached hydrogen (secondary N) is 2. The Morgan fingerprint density at radius 3 is 2.32 bits per heavy atom. The van der Waals surface area contributed by atoms with Crippen molar-refractivity contribution in [1.82, 2.24) is 30.4 Å². The van der Waals surface area contributed by atoms with Crippen molar-refractivity contribution in [2.45, 2.75) is 108 Å². The van der Waals surface area contributed by atoms with Gasteiger partial charge in [-0.2, -0.15) is 5.26 Å². The van der Waals surface area contributed by atoms with E-state index in [-0.39, 0.29) is 59.9 Å². The van der Waals surface area contributed by atoms with Gasteiger partial charge in [0, 0.05) is 70.2 Å². The molecule has 326 valence electrons. The van der Waals surface area contributed by atoms with Gasteiger partial charge in [0.05, 0.1) is 46.8 Å². The van der Waals surface area contributed by atoms with Crippen molar-refractivity contribution in [1.29, 1.82) is 5.26 Å². The Labute approximate surface area is 365 Å². The number of carbonyl (C=O) groups is 5. The van der Waals surface area contributed by atoms with Crippen LogP contribution in [0.1, 0.15) is 108 Å². The van der Waals surface area contributed by atoms with Gasteiger partial charge in [-0.15, -0.1) is 0 Å². The van der Waals surface area contributed by atoms with Gasteiger partial charge in [0.2, 0.25) is 11.8 Å². The summed E-state index contributed by atoms with van der Waals surface area (Å²) >= 11 is 6.16. The van der Waals surface area contributed by atoms with Crippen molar-refractivity contribution >= 4 is 47.0 Å². The van der Waals surface area contributed by atoms with Crippen LogP contribution in [0, 0.1) is 17.2 Å². The van der Waals surface area contributed by atoms with E-state index in [1.54, 1.807) is 55.9 Å². The second-order valence-electron chi connectivity index (χ2n) is 17.0. The molecule has 16 nitrogen and oxygen atoms in total. The monoisotopic (exact) mass is 866 g/mol. The number of nitrogens with zero attached hydrogens (tertiary/aromatic N) is 6. The van der Waals surface area contributed by atoms with Gasteiger partial charge >= 0.3 is 0 Å². The predicted molar refractivity (Wildman–Crippen MR) is 226 cm³/mol. The van der Waals surface area contributed by atoms with Gasteiger partial charge in [0.25, 0.3) is 17.7 Å². The summed E-state index contributed by atoms with van der Waals surface area (Å²) in [5.41, 5.74) is 1.12. The Morgan fingerprint density at radius 2 is 1.65 bits per heavy atom. The fraction of sp³-hybridized carbons (Fsp3) is 0.511. The smallest absolute Gasteiger partial charge is 0.271 e. The lowest BCUT2D eigenvalue weighted by atomic mass is 9.85. The van der Waals surface area contributed by atoms with Crippen LogP contribution in [0.5, 0.6) is 11.5 Å². The molecule has 2 N–H and O–H groups in total. The number of hydrogen-bond acceptors (Lipinski definition) is 13. The molecule has 8 rings (SSSR count). The largest absolute Gasteiger partial charge is 0.490 e. The van der Waals surface area contributed by atoms with Gasteiger partial charge in [0.1, 0.15) is 41.2 Å². The zero-order chi connectivity index (χ0) is 43.5. The predicted octanol–water partition coefficient (Wildman–Crippen LogP) is 4.69. The maximum Gasteiger partial charge on any atom is 0.271 e. The first-order chi connectivity index (χ1) is 30.0. The minimum absolute atomic E-state index is 0.00906. The van der Waals surface area contributed by atoms with Gasteiger partial charge in [-0.05, 0) is 88.1 Å². The highest BCUT2D eigenvalue weighted by molar-refractivity contribution is 6.31. The first-order valence-electron chi connectivity index (χ1n) is 21.5. The average molecular weight is 867 g/mol. The van der Waals surface area contributed by atoms with Gasteiger partial charge in [-0.1, -0.05) is 11.6 Å². The second kappa shape index (κ2) is 18.8. The van der Waals surface area contributed by atoms with Crippen molar-refractivity contribution in [3.63, 3.8) is 0 Å². The summed E-state index contributed by atoms with van der Waals surface area (Å²) in [6, 6.07) is 11.5. The van der Waals surface area contributed by atoms with Crippen LogP contribution in [0.3, 0.4) is 0 Å². The van der Waals surface area contributed by atoms with Crippen molar-refractivity contribution in [3.05, 3.63) is 76.2 Å². The van der Waals surface area contributed by atoms with Crippen LogP contribution >= 0.6 is 11.6 Å². The first-order valence-corrected chi connectivity index (χ1v) is 21.9. The standard InChI is InChI=1S/C45H51ClN8O8/c1-26(25-60-2)53(30-17-34(18-30)62-32-9-10-35-36(19-32)45(59)54(44(35)58)39-11-12-41(55)51-43(39)57)24-27-13-15-52(16-14-27)40-23-48-38(22-49-40)42(56)50-29-4-7-31(8-5-29)61-33-6-3-28(21-47)37(46)20-33/h3,6,9-10,19-20,22-23,26-27,29-31,34,39H,4-5,7-8,11-18,24-25H2,1-2H3,(H,50,56)(H,51,55,57)/t26?,29?,30?,31?,34?,39-/m1/s1. The lowest BCUT2D eigenvalue weighted by Crippen LogP contribution is -2.55. The number of imide groups is 2. The Hall–Kier alpha value is -5.63. The second-order valence-corrected chi connectivity index (χ2v) is 17.4. The molecule has 5 amide bonds. The highest BCUT2D eigenvalue weighted by Gasteiger charge is 2.45. The van der Waals surface area contributed by atoms with E-state index in [0.29, 0.717) is 40.7 Å². The van der Waals surface area contributed by atoms with Crippen molar-refractivity contribution in [3.8, 4) is 17.6 Å². The zero-order valence-corrected chi connectivity index (χ0v) is 35.6. The van der Waals surface area contributed by atoms with Crippen LogP contribution in [0.25, 0.3) is 0 Å². The van der Waals surface area contributed by atoms with Crippen molar-refractivity contribution in [2.75, 3.05) is 38.3 Å². The molecule has 4 heterocycles. The molecule has 4 fully saturated rings. The maximum absolute atomic E-state index is 13.3. The third-order valence-corrected chi connectivity index (χ3v) is 13.2. The highest BCUT2D eigenvalue weighted by Crippen LogP contribution is 2.36. The highest BCUT2D eigenvalue weighted by atomic mass is 35.5. The normalized spacial score (nSPS) is 24.5. The van der Waals surface area contributed by atoms with E-state index in [1.165, 1.54) is 0 Å². The summed E-state index contributed by atoms with van der Waals surface area (Å²) in [6.07, 6.45) is 10.0. The van der Waals surface area contributed by atoms with Crippen LogP contribution in [-0.2, 0) is 14.3 Å². The lowest BCUT2D eigenvalue weighted by molar-refractivity contribution is -0.136. The number of fused-ring (bicyclic) bond motifs is 1. The molecule has 62 heavy (non-hydrogen) atoms. The SMILES string of the molecule is COCC(C)N(CC1CCN(c2cnc(C(=O)NC3CCC(Oc4ccc(C#N)c(Cl)c4)CC3)cn2)CC1)C1CC(Oc2ccc3c(c2)C(=O)N([C@@H]2CCC(=O)NC2=O)C3=O)C1. The van der Waals surface area contributed by atoms with E-state index in [0.717, 1.165) is 81.7 Å². The molecule has 2 aromatic carbocycles. The number of benzene rings is 2. The molecule has 2 aliphatic carbocycles. The molecular formula is C45H51ClN8O8. The molecule has 2 saturated carbocycles. The lowest BCUT2D eigenvalue weighted by Gasteiger charge is -2.47. The van der Waals surface area contributed by atoms with E-state index in [4.69, 9.17) is 31.1 Å². The maximum atomic E-state index is 13.3. The van der Waals surface area contributed by atoms with E-state index >= 15 is 0 Å². The Balaban J connectivity index is 0.781. The van der Waals surface area contributed by atoms with Crippen LogP contribution in [-0.4, -0.2) is 119 Å². The van der Waals surface area contributed by atoms with E-state index in [9.17, 15) is 24.0 Å². The van der Waals surface area contributed by atoms with Gasteiger partial charge in [0.15, 0.2) is 0 Å². The van der Waals surface area contributed by atoms with E-state index in [1.807, 2.05) is 0 Å². The number of carbonyl (C=O) groups excluding carboxylic acids is 5. The quantitative estimate of drug-likeness (QED) is 0.212. The molecular weight excluding hydrogens is 816 g/mol. The molecule has 0 radical (unpaired) electrons. The minimum atomic E-state index is -1.01. The summed E-state index contributed by atoms with van der Waals surface area (Å²) in [4.78, 5) is 78.5. The molecule has 1 aromatic heterocycles. The molecule has 17 heteroatoms. The Morgan fingerprint density at radius 1 is 0.935 bits per heavy atom. The molecule has 2 saturated heterocycles. The number of ether oxygens (including phenoxy) is 3. The third-order valence-electron chi connectivity index (χ3n) is 12.9. The first kappa shape index (κ1) is 43.0. The molecule has 1 unspecified atom stereocenters. The van der Waals surface area contributed by atoms with Gasteiger partial charge in [-0.3, -0.25) is 39.1 Å². The fourth-order valence-electron chi connectivity index (χ4n) is 9.33. The Bertz CT molecular complexity index is 2230. The number of rotatable bonds is 14. The number of methoxy groups -OCH3 is 1. The van der Waals surface area contributed by atoms with Crippen LogP contribution < -0.4 is 25.0 Å². The molecule has 0 spiro atoms. The van der Waals surface area contributed by atoms with Gasteiger partial charge in [-0.25, -0.2) is 9.97 Å². The topological polar surface area (TPSA) is 196 Å². The molecule has 3 aliphatic heterocycles. The fourth-order valence-corrected chi connectivity index (χ4v) is 9.54. The van der Waals surface area contributed by atoms with Crippen LogP contribution in [0.15, 0.2) is 48.8 Å². The number of nitriles is 1.